The Kier molecular flexibility index (Phi) is 5.52. The second kappa shape index (κ2) is 8.01. The summed E-state index contributed by atoms with van der Waals surface area (Å²) in [6, 6.07) is 11.0. The molecule has 2 aromatic carbocycles. The Balaban J connectivity index is 1.73. The van der Waals surface area contributed by atoms with E-state index in [1.54, 1.807) is 31.4 Å². The highest BCUT2D eigenvalue weighted by Crippen LogP contribution is 2.33. The van der Waals surface area contributed by atoms with Crippen molar-refractivity contribution in [2.75, 3.05) is 20.0 Å². The molecule has 0 amide bonds. The number of Topliss-reactive ketones (excluding diaryl/α,β-unsaturated/α-hetero) is 1. The lowest BCUT2D eigenvalue weighted by molar-refractivity contribution is 0.101. The molecule has 134 valence electrons. The number of carbonyl (C=O) groups is 1. The van der Waals surface area contributed by atoms with Crippen molar-refractivity contribution in [3.05, 3.63) is 53.8 Å². The van der Waals surface area contributed by atoms with E-state index in [-0.39, 0.29) is 28.2 Å². The minimum Gasteiger partial charge on any atom is -0.497 e. The molecule has 0 atom stereocenters. The molecule has 0 spiro atoms. The largest absolute Gasteiger partial charge is 0.497 e. The molecule has 0 unspecified atom stereocenters. The fourth-order valence-electron chi connectivity index (χ4n) is 2.24. The van der Waals surface area contributed by atoms with Gasteiger partial charge in [0.15, 0.2) is 5.78 Å². The summed E-state index contributed by atoms with van der Waals surface area (Å²) in [6.45, 7) is 0. The molecule has 0 aliphatic heterocycles. The maximum atomic E-state index is 13.6. The number of hydrogen-bond acceptors (Lipinski definition) is 7. The van der Waals surface area contributed by atoms with Crippen molar-refractivity contribution >= 4 is 17.5 Å². The first-order chi connectivity index (χ1) is 12.6. The first-order valence-electron chi connectivity index (χ1n) is 7.59. The van der Waals surface area contributed by atoms with Crippen LogP contribution >= 0.6 is 11.8 Å². The van der Waals surface area contributed by atoms with Crippen LogP contribution < -0.4 is 9.47 Å². The van der Waals surface area contributed by atoms with E-state index in [2.05, 4.69) is 10.2 Å². The van der Waals surface area contributed by atoms with E-state index in [9.17, 15) is 9.18 Å². The maximum absolute atomic E-state index is 13.6. The van der Waals surface area contributed by atoms with Gasteiger partial charge in [-0.05, 0) is 24.3 Å². The van der Waals surface area contributed by atoms with Crippen molar-refractivity contribution in [3.63, 3.8) is 0 Å². The number of thioether (sulfide) groups is 1. The number of benzene rings is 2. The van der Waals surface area contributed by atoms with Crippen LogP contribution in [-0.2, 0) is 0 Å². The molecule has 0 saturated carbocycles. The molecule has 1 aromatic heterocycles. The maximum Gasteiger partial charge on any atom is 0.277 e. The Morgan fingerprint density at radius 3 is 2.69 bits per heavy atom. The molecule has 0 saturated heterocycles. The number of ketones is 1. The number of halogens is 1. The Labute approximate surface area is 153 Å². The predicted molar refractivity (Wildman–Crippen MR) is 94.3 cm³/mol. The number of rotatable bonds is 7. The van der Waals surface area contributed by atoms with Crippen molar-refractivity contribution in [2.24, 2.45) is 0 Å². The lowest BCUT2D eigenvalue weighted by Crippen LogP contribution is -2.04. The van der Waals surface area contributed by atoms with Gasteiger partial charge in [-0.3, -0.25) is 4.79 Å². The SMILES string of the molecule is COc1ccc(-c2nnc(SCC(=O)c3ccccc3F)o2)c(OC)c1. The quantitative estimate of drug-likeness (QED) is 0.459. The van der Waals surface area contributed by atoms with Gasteiger partial charge in [0.1, 0.15) is 17.3 Å². The van der Waals surface area contributed by atoms with E-state index in [1.807, 2.05) is 0 Å². The number of ether oxygens (including phenoxy) is 2. The standard InChI is InChI=1S/C18H15FN2O4S/c1-23-11-7-8-13(16(9-11)24-2)17-20-21-18(25-17)26-10-15(22)12-5-3-4-6-14(12)19/h3-9H,10H2,1-2H3. The lowest BCUT2D eigenvalue weighted by Gasteiger charge is -2.07. The Bertz CT molecular complexity index is 929. The zero-order valence-corrected chi connectivity index (χ0v) is 14.9. The van der Waals surface area contributed by atoms with E-state index in [0.717, 1.165) is 11.8 Å². The molecular weight excluding hydrogens is 359 g/mol. The molecule has 3 aromatic rings. The summed E-state index contributed by atoms with van der Waals surface area (Å²) < 4.78 is 29.7. The van der Waals surface area contributed by atoms with E-state index < -0.39 is 5.82 Å². The van der Waals surface area contributed by atoms with Gasteiger partial charge in [0, 0.05) is 6.07 Å². The van der Waals surface area contributed by atoms with Crippen molar-refractivity contribution < 1.29 is 23.1 Å². The summed E-state index contributed by atoms with van der Waals surface area (Å²) in [6.07, 6.45) is 0. The van der Waals surface area contributed by atoms with Gasteiger partial charge in [0.25, 0.3) is 11.1 Å². The monoisotopic (exact) mass is 374 g/mol. The summed E-state index contributed by atoms with van der Waals surface area (Å²) in [5.74, 6) is 0.497. The normalized spacial score (nSPS) is 10.6. The van der Waals surface area contributed by atoms with Crippen LogP contribution in [0.5, 0.6) is 11.5 Å². The molecule has 3 rings (SSSR count). The van der Waals surface area contributed by atoms with Gasteiger partial charge in [0.05, 0.1) is 31.1 Å². The number of carbonyl (C=O) groups excluding carboxylic acids is 1. The van der Waals surface area contributed by atoms with Crippen LogP contribution in [0.2, 0.25) is 0 Å². The molecule has 0 N–H and O–H groups in total. The molecular formula is C18H15FN2O4S. The van der Waals surface area contributed by atoms with E-state index >= 15 is 0 Å². The summed E-state index contributed by atoms with van der Waals surface area (Å²) >= 11 is 1.05. The average Bonchev–Trinajstić information content (AvgIpc) is 3.14. The molecule has 0 fully saturated rings. The first-order valence-corrected chi connectivity index (χ1v) is 8.57. The number of hydrogen-bond donors (Lipinski definition) is 0. The van der Waals surface area contributed by atoms with Crippen molar-refractivity contribution in [1.29, 1.82) is 0 Å². The summed E-state index contributed by atoms with van der Waals surface area (Å²) in [7, 11) is 3.08. The molecule has 0 radical (unpaired) electrons. The minimum absolute atomic E-state index is 0.0116. The summed E-state index contributed by atoms with van der Waals surface area (Å²) in [5.41, 5.74) is 0.643. The molecule has 26 heavy (non-hydrogen) atoms. The fraction of sp³-hybridized carbons (Fsp3) is 0.167. The van der Waals surface area contributed by atoms with Crippen LogP contribution in [0.15, 0.2) is 52.1 Å². The topological polar surface area (TPSA) is 74.5 Å². The first kappa shape index (κ1) is 17.9. The van der Waals surface area contributed by atoms with Crippen LogP contribution in [0.1, 0.15) is 10.4 Å². The van der Waals surface area contributed by atoms with Crippen molar-refractivity contribution in [2.45, 2.75) is 5.22 Å². The highest BCUT2D eigenvalue weighted by Gasteiger charge is 2.17. The fourth-order valence-corrected chi connectivity index (χ4v) is 2.89. The summed E-state index contributed by atoms with van der Waals surface area (Å²) in [5, 5.41) is 8.10. The van der Waals surface area contributed by atoms with Gasteiger partial charge in [-0.25, -0.2) is 4.39 Å². The van der Waals surface area contributed by atoms with E-state index in [1.165, 1.54) is 25.3 Å². The minimum atomic E-state index is -0.549. The molecule has 8 heteroatoms. The zero-order chi connectivity index (χ0) is 18.5. The molecule has 6 nitrogen and oxygen atoms in total. The van der Waals surface area contributed by atoms with Gasteiger partial charge < -0.3 is 13.9 Å². The third kappa shape index (κ3) is 3.85. The van der Waals surface area contributed by atoms with Crippen LogP contribution in [0, 0.1) is 5.82 Å². The molecule has 1 heterocycles. The van der Waals surface area contributed by atoms with Gasteiger partial charge >= 0.3 is 0 Å². The molecule has 0 aliphatic rings. The highest BCUT2D eigenvalue weighted by molar-refractivity contribution is 7.99. The third-order valence-electron chi connectivity index (χ3n) is 3.55. The van der Waals surface area contributed by atoms with Crippen LogP contribution in [-0.4, -0.2) is 36.0 Å². The second-order valence-corrected chi connectivity index (χ2v) is 6.06. The van der Waals surface area contributed by atoms with Crippen LogP contribution in [0.4, 0.5) is 4.39 Å². The number of aromatic nitrogens is 2. The predicted octanol–water partition coefficient (Wildman–Crippen LogP) is 3.87. The van der Waals surface area contributed by atoms with Crippen molar-refractivity contribution in [3.8, 4) is 23.0 Å². The van der Waals surface area contributed by atoms with Crippen molar-refractivity contribution in [1.82, 2.24) is 10.2 Å². The van der Waals surface area contributed by atoms with Gasteiger partial charge in [-0.2, -0.15) is 0 Å². The Hall–Kier alpha value is -2.87. The molecule has 0 bridgehead atoms. The van der Waals surface area contributed by atoms with Crippen LogP contribution in [0.3, 0.4) is 0 Å². The van der Waals surface area contributed by atoms with E-state index in [0.29, 0.717) is 17.1 Å². The Morgan fingerprint density at radius 2 is 1.96 bits per heavy atom. The van der Waals surface area contributed by atoms with Gasteiger partial charge in [-0.15, -0.1) is 10.2 Å². The van der Waals surface area contributed by atoms with E-state index in [4.69, 9.17) is 13.9 Å². The third-order valence-corrected chi connectivity index (χ3v) is 4.37. The van der Waals surface area contributed by atoms with Gasteiger partial charge in [0.2, 0.25) is 0 Å². The highest BCUT2D eigenvalue weighted by atomic mass is 32.2. The smallest absolute Gasteiger partial charge is 0.277 e. The second-order valence-electron chi connectivity index (χ2n) is 5.13. The lowest BCUT2D eigenvalue weighted by atomic mass is 10.1. The Morgan fingerprint density at radius 1 is 1.15 bits per heavy atom. The summed E-state index contributed by atoms with van der Waals surface area (Å²) in [4.78, 5) is 12.1. The zero-order valence-electron chi connectivity index (χ0n) is 14.1. The number of nitrogens with zero attached hydrogens (tertiary/aromatic N) is 2. The average molecular weight is 374 g/mol. The molecule has 0 aliphatic carbocycles. The number of methoxy groups -OCH3 is 2. The van der Waals surface area contributed by atoms with Gasteiger partial charge in [-0.1, -0.05) is 23.9 Å². The van der Waals surface area contributed by atoms with Crippen LogP contribution in [0.25, 0.3) is 11.5 Å².